The number of H-pyrrole nitrogens is 1. The molecule has 2 aromatic carbocycles. The summed E-state index contributed by atoms with van der Waals surface area (Å²) in [6, 6.07) is 13.7. The number of aromatic nitrogens is 2. The summed E-state index contributed by atoms with van der Waals surface area (Å²) in [4.78, 5) is 30.4. The van der Waals surface area contributed by atoms with E-state index in [1.54, 1.807) is 6.07 Å². The van der Waals surface area contributed by atoms with Crippen LogP contribution in [0.4, 0.5) is 10.1 Å². The molecular weight excluding hydrogens is 399 g/mol. The van der Waals surface area contributed by atoms with Gasteiger partial charge in [-0.3, -0.25) is 14.7 Å². The molecule has 8 heteroatoms. The number of nitrogens with one attached hydrogen (secondary N) is 1. The van der Waals surface area contributed by atoms with Gasteiger partial charge < -0.3 is 9.64 Å². The summed E-state index contributed by atoms with van der Waals surface area (Å²) in [5.41, 5.74) is 3.55. The minimum atomic E-state index is -0.782. The number of anilines is 1. The molecule has 31 heavy (non-hydrogen) atoms. The molecule has 4 rings (SSSR count). The molecule has 1 atom stereocenters. The zero-order chi connectivity index (χ0) is 22.0. The lowest BCUT2D eigenvalue weighted by Gasteiger charge is -2.17. The lowest BCUT2D eigenvalue weighted by Crippen LogP contribution is -2.34. The molecule has 0 fully saturated rings. The summed E-state index contributed by atoms with van der Waals surface area (Å²) >= 11 is 0. The molecule has 7 nitrogen and oxygen atoms in total. The molecule has 0 saturated carbocycles. The second-order valence-corrected chi connectivity index (χ2v) is 7.45. The number of halogens is 1. The number of carbonyl (C=O) groups excluding carboxylic acids is 2. The van der Waals surface area contributed by atoms with E-state index in [-0.39, 0.29) is 18.2 Å². The average Bonchev–Trinajstić information content (AvgIpc) is 3.19. The topological polar surface area (TPSA) is 87.7 Å². The van der Waals surface area contributed by atoms with E-state index < -0.39 is 17.6 Å². The molecule has 1 aliphatic heterocycles. The van der Waals surface area contributed by atoms with Gasteiger partial charge >= 0.3 is 0 Å². The molecule has 0 spiro atoms. The number of benzene rings is 2. The number of ether oxygens (including phenoxy) is 1. The van der Waals surface area contributed by atoms with Gasteiger partial charge in [-0.25, -0.2) is 9.38 Å². The summed E-state index contributed by atoms with van der Waals surface area (Å²) in [7, 11) is 1.53. The lowest BCUT2D eigenvalue weighted by atomic mass is 10.1. The van der Waals surface area contributed by atoms with Crippen LogP contribution in [-0.2, 0) is 11.2 Å². The van der Waals surface area contributed by atoms with Crippen molar-refractivity contribution in [3.63, 3.8) is 0 Å². The maximum absolute atomic E-state index is 13.5. The molecule has 3 aromatic rings. The highest BCUT2D eigenvalue weighted by atomic mass is 19.1. The van der Waals surface area contributed by atoms with Gasteiger partial charge in [-0.05, 0) is 30.7 Å². The lowest BCUT2D eigenvalue weighted by molar-refractivity contribution is -0.120. The van der Waals surface area contributed by atoms with Crippen molar-refractivity contribution in [1.29, 1.82) is 0 Å². The van der Waals surface area contributed by atoms with Crippen LogP contribution in [0.2, 0.25) is 0 Å². The van der Waals surface area contributed by atoms with E-state index in [0.717, 1.165) is 11.3 Å². The molecule has 1 N–H and O–H groups in total. The predicted octanol–water partition coefficient (Wildman–Crippen LogP) is 3.33. The predicted molar refractivity (Wildman–Crippen MR) is 114 cm³/mol. The van der Waals surface area contributed by atoms with Crippen molar-refractivity contribution in [3.05, 3.63) is 76.9 Å². The van der Waals surface area contributed by atoms with Gasteiger partial charge in [0.1, 0.15) is 24.1 Å². The first-order valence-corrected chi connectivity index (χ1v) is 9.79. The number of aryl methyl sites for hydroxylation is 1. The second-order valence-electron chi connectivity index (χ2n) is 7.45. The maximum atomic E-state index is 13.5. The van der Waals surface area contributed by atoms with Crippen molar-refractivity contribution < 1.29 is 18.7 Å². The van der Waals surface area contributed by atoms with Crippen LogP contribution in [0.5, 0.6) is 5.75 Å². The highest BCUT2D eigenvalue weighted by Crippen LogP contribution is 2.32. The van der Waals surface area contributed by atoms with E-state index in [1.165, 1.54) is 41.9 Å². The largest absolute Gasteiger partial charge is 0.490 e. The van der Waals surface area contributed by atoms with Crippen molar-refractivity contribution in [2.24, 2.45) is 10.9 Å². The van der Waals surface area contributed by atoms with Gasteiger partial charge in [-0.2, -0.15) is 5.10 Å². The van der Waals surface area contributed by atoms with Crippen LogP contribution in [0.25, 0.3) is 0 Å². The number of amides is 2. The molecular formula is C23H21FN4O3. The molecule has 158 valence electrons. The molecule has 1 aromatic heterocycles. The van der Waals surface area contributed by atoms with E-state index in [4.69, 9.17) is 4.74 Å². The monoisotopic (exact) mass is 420 g/mol. The number of rotatable bonds is 4. The first-order chi connectivity index (χ1) is 14.9. The van der Waals surface area contributed by atoms with Crippen LogP contribution in [0.15, 0.2) is 53.5 Å². The maximum Gasteiger partial charge on any atom is 0.297 e. The Kier molecular flexibility index (Phi) is 5.62. The van der Waals surface area contributed by atoms with Gasteiger partial charge in [0.15, 0.2) is 5.69 Å². The smallest absolute Gasteiger partial charge is 0.297 e. The minimum absolute atomic E-state index is 0.00216. The first-order valence-electron chi connectivity index (χ1n) is 9.79. The van der Waals surface area contributed by atoms with Crippen molar-refractivity contribution in [2.75, 3.05) is 18.6 Å². The number of fused-ring (bicyclic) bond motifs is 1. The zero-order valence-corrected chi connectivity index (χ0v) is 17.1. The fourth-order valence-electron chi connectivity index (χ4n) is 3.31. The molecule has 1 unspecified atom stereocenters. The van der Waals surface area contributed by atoms with Crippen molar-refractivity contribution in [3.8, 4) is 5.75 Å². The zero-order valence-electron chi connectivity index (χ0n) is 17.1. The van der Waals surface area contributed by atoms with E-state index in [1.807, 2.05) is 31.2 Å². The molecule has 2 heterocycles. The Labute approximate surface area is 178 Å². The number of aromatic amines is 1. The summed E-state index contributed by atoms with van der Waals surface area (Å²) in [5.74, 6) is -1.76. The van der Waals surface area contributed by atoms with E-state index in [0.29, 0.717) is 17.9 Å². The third-order valence-corrected chi connectivity index (χ3v) is 5.09. The summed E-state index contributed by atoms with van der Waals surface area (Å²) in [6.45, 7) is 2.02. The van der Waals surface area contributed by atoms with E-state index in [2.05, 4.69) is 15.2 Å². The van der Waals surface area contributed by atoms with Gasteiger partial charge in [0.05, 0.1) is 5.69 Å². The Bertz CT molecular complexity index is 1150. The Morgan fingerprint density at radius 2 is 2.06 bits per heavy atom. The Morgan fingerprint density at radius 3 is 2.84 bits per heavy atom. The Hall–Kier alpha value is -3.81. The number of nitrogens with zero attached hydrogens (tertiary/aromatic N) is 3. The summed E-state index contributed by atoms with van der Waals surface area (Å²) in [6.07, 6.45) is 1.87. The number of hydrogen-bond donors (Lipinski definition) is 1. The van der Waals surface area contributed by atoms with Crippen LogP contribution in [0.1, 0.15) is 27.3 Å². The van der Waals surface area contributed by atoms with Gasteiger partial charge in [-0.15, -0.1) is 0 Å². The molecule has 0 bridgehead atoms. The van der Waals surface area contributed by atoms with Crippen LogP contribution >= 0.6 is 0 Å². The molecule has 2 amide bonds. The van der Waals surface area contributed by atoms with Crippen LogP contribution < -0.4 is 9.64 Å². The second kappa shape index (κ2) is 8.51. The summed E-state index contributed by atoms with van der Waals surface area (Å²) < 4.78 is 19.2. The van der Waals surface area contributed by atoms with Gasteiger partial charge in [0.25, 0.3) is 5.91 Å². The highest BCUT2D eigenvalue weighted by Gasteiger charge is 2.28. The molecule has 1 aliphatic rings. The SMILES string of the molecule is Cc1ccc(Cc2cc(C(=O)/N=C/C3COc4ccc(F)cc4N(C)C3=O)n[nH]2)cc1. The van der Waals surface area contributed by atoms with Crippen LogP contribution in [0.3, 0.4) is 0 Å². The third-order valence-electron chi connectivity index (χ3n) is 5.09. The van der Waals surface area contributed by atoms with Crippen molar-refractivity contribution in [2.45, 2.75) is 13.3 Å². The average molecular weight is 420 g/mol. The Morgan fingerprint density at radius 1 is 1.29 bits per heavy atom. The number of carbonyl (C=O) groups is 2. The molecule has 0 aliphatic carbocycles. The summed E-state index contributed by atoms with van der Waals surface area (Å²) in [5, 5.41) is 6.88. The van der Waals surface area contributed by atoms with E-state index in [9.17, 15) is 14.0 Å². The van der Waals surface area contributed by atoms with E-state index >= 15 is 0 Å². The van der Waals surface area contributed by atoms with Gasteiger partial charge in [0, 0.05) is 31.4 Å². The van der Waals surface area contributed by atoms with Crippen molar-refractivity contribution >= 4 is 23.7 Å². The highest BCUT2D eigenvalue weighted by molar-refractivity contribution is 6.07. The van der Waals surface area contributed by atoms with Crippen LogP contribution in [-0.4, -0.2) is 41.9 Å². The standard InChI is InChI=1S/C23H21FN4O3/c1-14-3-5-15(6-4-14)9-18-11-19(27-26-18)22(29)25-12-16-13-31-21-8-7-17(24)10-20(21)28(2)23(16)30/h3-8,10-12,16H,9,13H2,1-2H3,(H,26,27)/b25-12+. The minimum Gasteiger partial charge on any atom is -0.490 e. The molecule has 0 saturated heterocycles. The normalized spacial score (nSPS) is 16.2. The van der Waals surface area contributed by atoms with Crippen molar-refractivity contribution in [1.82, 2.24) is 10.2 Å². The Balaban J connectivity index is 1.44. The number of hydrogen-bond acceptors (Lipinski definition) is 4. The van der Waals surface area contributed by atoms with Gasteiger partial charge in [-0.1, -0.05) is 29.8 Å². The van der Waals surface area contributed by atoms with Gasteiger partial charge in [0.2, 0.25) is 5.91 Å². The third kappa shape index (κ3) is 4.53. The quantitative estimate of drug-likeness (QED) is 0.656. The fourth-order valence-corrected chi connectivity index (χ4v) is 3.31. The first kappa shape index (κ1) is 20.5. The fraction of sp³-hybridized carbons (Fsp3) is 0.217. The number of aliphatic imine (C=N–C) groups is 1. The molecule has 0 radical (unpaired) electrons. The van der Waals surface area contributed by atoms with Crippen LogP contribution in [0, 0.1) is 18.7 Å².